The van der Waals surface area contributed by atoms with Crippen molar-refractivity contribution in [2.45, 2.75) is 25.1 Å². The average Bonchev–Trinajstić information content (AvgIpc) is 3.30. The molecule has 4 rings (SSSR count). The summed E-state index contributed by atoms with van der Waals surface area (Å²) in [6, 6.07) is 6.65. The Morgan fingerprint density at radius 1 is 1.25 bits per heavy atom. The van der Waals surface area contributed by atoms with Gasteiger partial charge in [-0.3, -0.25) is 14.9 Å². The number of hydrogen-bond acceptors (Lipinski definition) is 4. The molecule has 146 valence electrons. The van der Waals surface area contributed by atoms with Crippen LogP contribution in [0.5, 0.6) is 0 Å². The first-order chi connectivity index (χ1) is 13.4. The molecule has 1 saturated heterocycles. The molecule has 0 spiro atoms. The maximum Gasteiger partial charge on any atom is 0.417 e. The number of halogens is 3. The first-order valence-electron chi connectivity index (χ1n) is 8.87. The fourth-order valence-electron chi connectivity index (χ4n) is 3.43. The summed E-state index contributed by atoms with van der Waals surface area (Å²) in [5, 5.41) is 10.8. The van der Waals surface area contributed by atoms with Crippen molar-refractivity contribution < 1.29 is 18.0 Å². The lowest BCUT2D eigenvalue weighted by atomic mass is 10.1. The van der Waals surface area contributed by atoms with Crippen LogP contribution in [0.2, 0.25) is 0 Å². The van der Waals surface area contributed by atoms with Crippen molar-refractivity contribution >= 4 is 22.5 Å². The van der Waals surface area contributed by atoms with Crippen LogP contribution in [0.25, 0.3) is 10.9 Å². The zero-order chi connectivity index (χ0) is 19.7. The minimum atomic E-state index is -4.42. The highest BCUT2D eigenvalue weighted by molar-refractivity contribution is 5.83. The number of benzene rings is 1. The zero-order valence-corrected chi connectivity index (χ0v) is 14.8. The first kappa shape index (κ1) is 18.3. The van der Waals surface area contributed by atoms with E-state index in [2.05, 4.69) is 20.5 Å². The SMILES string of the molecule is O=C(Cc1ccc2cn[nH]c2c1)NC1CCN(c2cncc(C(F)(F)F)c2)C1. The first-order valence-corrected chi connectivity index (χ1v) is 8.87. The van der Waals surface area contributed by atoms with Gasteiger partial charge in [-0.25, -0.2) is 0 Å². The van der Waals surface area contributed by atoms with Gasteiger partial charge in [0.1, 0.15) is 0 Å². The monoisotopic (exact) mass is 389 g/mol. The van der Waals surface area contributed by atoms with Gasteiger partial charge in [-0.1, -0.05) is 12.1 Å². The molecular formula is C19H18F3N5O. The molecule has 9 heteroatoms. The largest absolute Gasteiger partial charge is 0.417 e. The second-order valence-electron chi connectivity index (χ2n) is 6.90. The summed E-state index contributed by atoms with van der Waals surface area (Å²) in [6.07, 6.45) is 0.424. The topological polar surface area (TPSA) is 73.9 Å². The van der Waals surface area contributed by atoms with E-state index in [9.17, 15) is 18.0 Å². The van der Waals surface area contributed by atoms with Crippen LogP contribution in [0.3, 0.4) is 0 Å². The Morgan fingerprint density at radius 3 is 2.93 bits per heavy atom. The molecule has 0 saturated carbocycles. The molecule has 0 aliphatic carbocycles. The molecule has 2 N–H and O–H groups in total. The number of amides is 1. The van der Waals surface area contributed by atoms with E-state index in [1.54, 1.807) is 6.20 Å². The Kier molecular flexibility index (Phi) is 4.66. The molecule has 1 aliphatic rings. The normalized spacial score (nSPS) is 17.2. The molecule has 1 aliphatic heterocycles. The standard InChI is InChI=1S/C19H18F3N5O/c20-19(21,22)14-7-16(10-23-9-14)27-4-3-15(11-27)25-18(28)6-12-1-2-13-8-24-26-17(13)5-12/h1-2,5,7-10,15H,3-4,6,11H2,(H,24,26)(H,25,28). The highest BCUT2D eigenvalue weighted by Gasteiger charge is 2.32. The zero-order valence-electron chi connectivity index (χ0n) is 14.8. The number of alkyl halides is 3. The third-order valence-electron chi connectivity index (χ3n) is 4.84. The number of rotatable bonds is 4. The summed E-state index contributed by atoms with van der Waals surface area (Å²) < 4.78 is 38.6. The average molecular weight is 389 g/mol. The van der Waals surface area contributed by atoms with E-state index in [0.29, 0.717) is 25.2 Å². The molecule has 6 nitrogen and oxygen atoms in total. The lowest BCUT2D eigenvalue weighted by molar-refractivity contribution is -0.137. The number of pyridine rings is 1. The molecule has 28 heavy (non-hydrogen) atoms. The number of fused-ring (bicyclic) bond motifs is 1. The number of anilines is 1. The lowest BCUT2D eigenvalue weighted by Crippen LogP contribution is -2.38. The minimum Gasteiger partial charge on any atom is -0.368 e. The number of aromatic nitrogens is 3. The molecule has 3 aromatic rings. The van der Waals surface area contributed by atoms with Gasteiger partial charge < -0.3 is 10.2 Å². The molecular weight excluding hydrogens is 371 g/mol. The van der Waals surface area contributed by atoms with Crippen molar-refractivity contribution in [3.8, 4) is 0 Å². The summed E-state index contributed by atoms with van der Waals surface area (Å²) in [6.45, 7) is 1.02. The Morgan fingerprint density at radius 2 is 2.11 bits per heavy atom. The number of nitrogens with zero attached hydrogens (tertiary/aromatic N) is 3. The van der Waals surface area contributed by atoms with E-state index in [0.717, 1.165) is 28.7 Å². The van der Waals surface area contributed by atoms with Gasteiger partial charge in [-0.15, -0.1) is 0 Å². The fourth-order valence-corrected chi connectivity index (χ4v) is 3.43. The van der Waals surface area contributed by atoms with Crippen molar-refractivity contribution in [2.24, 2.45) is 0 Å². The summed E-state index contributed by atoms with van der Waals surface area (Å²) in [7, 11) is 0. The van der Waals surface area contributed by atoms with Gasteiger partial charge in [0, 0.05) is 30.7 Å². The molecule has 3 heterocycles. The molecule has 1 aromatic carbocycles. The van der Waals surface area contributed by atoms with E-state index < -0.39 is 11.7 Å². The maximum atomic E-state index is 12.9. The van der Waals surface area contributed by atoms with Gasteiger partial charge in [-0.05, 0) is 24.1 Å². The predicted octanol–water partition coefficient (Wildman–Crippen LogP) is 2.91. The van der Waals surface area contributed by atoms with Crippen LogP contribution in [-0.2, 0) is 17.4 Å². The van der Waals surface area contributed by atoms with Gasteiger partial charge in [0.25, 0.3) is 0 Å². The number of nitrogens with one attached hydrogen (secondary N) is 2. The third-order valence-corrected chi connectivity index (χ3v) is 4.84. The van der Waals surface area contributed by atoms with Gasteiger partial charge in [0.15, 0.2) is 0 Å². The predicted molar refractivity (Wildman–Crippen MR) is 97.8 cm³/mol. The van der Waals surface area contributed by atoms with Gasteiger partial charge in [-0.2, -0.15) is 18.3 Å². The van der Waals surface area contributed by atoms with Gasteiger partial charge in [0.05, 0.1) is 35.6 Å². The second-order valence-corrected chi connectivity index (χ2v) is 6.90. The van der Waals surface area contributed by atoms with Crippen molar-refractivity contribution in [1.82, 2.24) is 20.5 Å². The molecule has 1 fully saturated rings. The van der Waals surface area contributed by atoms with Gasteiger partial charge >= 0.3 is 6.18 Å². The van der Waals surface area contributed by atoms with Crippen LogP contribution in [0.4, 0.5) is 18.9 Å². The number of hydrogen-bond donors (Lipinski definition) is 2. The van der Waals surface area contributed by atoms with Crippen molar-refractivity contribution in [3.05, 3.63) is 54.0 Å². The molecule has 2 aromatic heterocycles. The van der Waals surface area contributed by atoms with Crippen molar-refractivity contribution in [3.63, 3.8) is 0 Å². The van der Waals surface area contributed by atoms with Crippen LogP contribution < -0.4 is 10.2 Å². The molecule has 0 bridgehead atoms. The van der Waals surface area contributed by atoms with Crippen LogP contribution in [0.1, 0.15) is 17.5 Å². The highest BCUT2D eigenvalue weighted by Crippen LogP contribution is 2.31. The van der Waals surface area contributed by atoms with Crippen LogP contribution in [0, 0.1) is 0 Å². The van der Waals surface area contributed by atoms with E-state index in [4.69, 9.17) is 0 Å². The summed E-state index contributed by atoms with van der Waals surface area (Å²) >= 11 is 0. The van der Waals surface area contributed by atoms with Crippen molar-refractivity contribution in [1.29, 1.82) is 0 Å². The van der Waals surface area contributed by atoms with E-state index in [-0.39, 0.29) is 18.4 Å². The summed E-state index contributed by atoms with van der Waals surface area (Å²) in [4.78, 5) is 17.9. The van der Waals surface area contributed by atoms with Crippen LogP contribution in [-0.4, -0.2) is 40.2 Å². The molecule has 1 atom stereocenters. The Labute approximate surface area is 158 Å². The Bertz CT molecular complexity index is 1000. The fraction of sp³-hybridized carbons (Fsp3) is 0.316. The number of aromatic amines is 1. The summed E-state index contributed by atoms with van der Waals surface area (Å²) in [5.41, 5.74) is 1.38. The third kappa shape index (κ3) is 3.92. The lowest BCUT2D eigenvalue weighted by Gasteiger charge is -2.20. The van der Waals surface area contributed by atoms with E-state index in [1.165, 1.54) is 6.20 Å². The Hall–Kier alpha value is -3.10. The number of carbonyl (C=O) groups is 1. The number of carbonyl (C=O) groups excluding carboxylic acids is 1. The smallest absolute Gasteiger partial charge is 0.368 e. The van der Waals surface area contributed by atoms with Crippen LogP contribution in [0.15, 0.2) is 42.9 Å². The summed E-state index contributed by atoms with van der Waals surface area (Å²) in [5.74, 6) is -0.118. The van der Waals surface area contributed by atoms with Gasteiger partial charge in [0.2, 0.25) is 5.91 Å². The van der Waals surface area contributed by atoms with E-state index >= 15 is 0 Å². The maximum absolute atomic E-state index is 12.9. The Balaban J connectivity index is 1.36. The number of H-pyrrole nitrogens is 1. The van der Waals surface area contributed by atoms with Crippen molar-refractivity contribution in [2.75, 3.05) is 18.0 Å². The van der Waals surface area contributed by atoms with E-state index in [1.807, 2.05) is 23.1 Å². The second kappa shape index (κ2) is 7.14. The molecule has 0 radical (unpaired) electrons. The quantitative estimate of drug-likeness (QED) is 0.720. The molecule has 1 amide bonds. The van der Waals surface area contributed by atoms with Crippen LogP contribution >= 0.6 is 0 Å². The molecule has 1 unspecified atom stereocenters. The highest BCUT2D eigenvalue weighted by atomic mass is 19.4. The minimum absolute atomic E-state index is 0.113.